The third-order valence-electron chi connectivity index (χ3n) is 2.67. The van der Waals surface area contributed by atoms with E-state index in [2.05, 4.69) is 54.4 Å². The number of aromatic nitrogens is 4. The van der Waals surface area contributed by atoms with Crippen LogP contribution in [-0.2, 0) is 20.1 Å². The van der Waals surface area contributed by atoms with E-state index >= 15 is 0 Å². The number of hydrogen-bond acceptors (Lipinski definition) is 4. The van der Waals surface area contributed by atoms with E-state index in [0.29, 0.717) is 5.95 Å². The highest BCUT2D eigenvalue weighted by Crippen LogP contribution is 2.27. The van der Waals surface area contributed by atoms with E-state index in [9.17, 15) is 0 Å². The molecule has 5 nitrogen and oxygen atoms in total. The summed E-state index contributed by atoms with van der Waals surface area (Å²) in [5.41, 5.74) is 2.65. The van der Waals surface area contributed by atoms with E-state index in [1.54, 1.807) is 7.05 Å². The Morgan fingerprint density at radius 2 is 2.06 bits per heavy atom. The molecule has 0 radical (unpaired) electrons. The van der Waals surface area contributed by atoms with Gasteiger partial charge in [0.1, 0.15) is 0 Å². The summed E-state index contributed by atoms with van der Waals surface area (Å²) in [6.45, 7) is 1.70. The maximum Gasteiger partial charge on any atom is 0.266 e. The molecular weight excluding hydrogens is 270 g/mol. The summed E-state index contributed by atoms with van der Waals surface area (Å²) in [4.78, 5) is 3.60. The fraction of sp³-hybridized carbons (Fsp3) is 0.300. The van der Waals surface area contributed by atoms with Crippen molar-refractivity contribution in [2.24, 2.45) is 7.05 Å². The van der Waals surface area contributed by atoms with E-state index < -0.39 is 0 Å². The van der Waals surface area contributed by atoms with Crippen LogP contribution in [0.3, 0.4) is 0 Å². The van der Waals surface area contributed by atoms with E-state index in [-0.39, 0.29) is 0 Å². The number of tetrazole rings is 1. The van der Waals surface area contributed by atoms with E-state index in [1.807, 2.05) is 0 Å². The van der Waals surface area contributed by atoms with Gasteiger partial charge in [-0.25, -0.2) is 0 Å². The molecule has 0 fully saturated rings. The van der Waals surface area contributed by atoms with Crippen LogP contribution in [0.4, 0.5) is 5.95 Å². The standard InChI is InChI=1S/C10H10BrN5/c1-15-13-10(12-14-15)16-5-7-2-3-9(11)4-8(7)6-16/h2-4H,5-6H2,1H3. The smallest absolute Gasteiger partial charge is 0.266 e. The molecule has 2 aromatic rings. The van der Waals surface area contributed by atoms with Crippen molar-refractivity contribution in [2.75, 3.05) is 4.90 Å². The number of benzene rings is 1. The van der Waals surface area contributed by atoms with Crippen LogP contribution in [0.1, 0.15) is 11.1 Å². The molecule has 3 rings (SSSR count). The maximum atomic E-state index is 4.21. The summed E-state index contributed by atoms with van der Waals surface area (Å²) < 4.78 is 1.11. The number of anilines is 1. The number of halogens is 1. The van der Waals surface area contributed by atoms with E-state index in [4.69, 9.17) is 0 Å². The lowest BCUT2D eigenvalue weighted by Gasteiger charge is -2.10. The second-order valence-corrected chi connectivity index (χ2v) is 4.76. The van der Waals surface area contributed by atoms with Crippen LogP contribution >= 0.6 is 15.9 Å². The van der Waals surface area contributed by atoms with Crippen LogP contribution in [-0.4, -0.2) is 20.2 Å². The first-order valence-corrected chi connectivity index (χ1v) is 5.78. The van der Waals surface area contributed by atoms with Gasteiger partial charge < -0.3 is 4.90 Å². The molecule has 1 aromatic carbocycles. The van der Waals surface area contributed by atoms with Crippen LogP contribution < -0.4 is 4.90 Å². The Kier molecular flexibility index (Phi) is 2.17. The number of aryl methyl sites for hydroxylation is 1. The van der Waals surface area contributed by atoms with Gasteiger partial charge in [-0.3, -0.25) is 0 Å². The average Bonchev–Trinajstić information content (AvgIpc) is 2.83. The van der Waals surface area contributed by atoms with Crippen molar-refractivity contribution < 1.29 is 0 Å². The van der Waals surface area contributed by atoms with Crippen molar-refractivity contribution in [3.05, 3.63) is 33.8 Å². The lowest BCUT2D eigenvalue weighted by molar-refractivity contribution is 0.629. The zero-order valence-corrected chi connectivity index (χ0v) is 10.3. The van der Waals surface area contributed by atoms with Crippen LogP contribution in [0.15, 0.2) is 22.7 Å². The van der Waals surface area contributed by atoms with Crippen molar-refractivity contribution in [3.63, 3.8) is 0 Å². The van der Waals surface area contributed by atoms with E-state index in [0.717, 1.165) is 17.6 Å². The summed E-state index contributed by atoms with van der Waals surface area (Å²) in [6.07, 6.45) is 0. The predicted molar refractivity (Wildman–Crippen MR) is 62.8 cm³/mol. The monoisotopic (exact) mass is 279 g/mol. The van der Waals surface area contributed by atoms with Crippen molar-refractivity contribution >= 4 is 21.9 Å². The van der Waals surface area contributed by atoms with Crippen molar-refractivity contribution in [1.82, 2.24) is 20.2 Å². The Hall–Kier alpha value is -1.43. The van der Waals surface area contributed by atoms with Gasteiger partial charge in [0.05, 0.1) is 7.05 Å². The molecule has 0 spiro atoms. The summed E-state index contributed by atoms with van der Waals surface area (Å²) in [5, 5.41) is 12.1. The number of fused-ring (bicyclic) bond motifs is 1. The van der Waals surface area contributed by atoms with Gasteiger partial charge in [-0.15, -0.1) is 5.10 Å². The lowest BCUT2D eigenvalue weighted by atomic mass is 10.1. The molecule has 0 N–H and O–H groups in total. The summed E-state index contributed by atoms with van der Waals surface area (Å²) >= 11 is 3.48. The van der Waals surface area contributed by atoms with Crippen LogP contribution in [0.5, 0.6) is 0 Å². The van der Waals surface area contributed by atoms with Gasteiger partial charge in [0, 0.05) is 17.6 Å². The fourth-order valence-electron chi connectivity index (χ4n) is 1.91. The predicted octanol–water partition coefficient (Wildman–Crippen LogP) is 1.49. The summed E-state index contributed by atoms with van der Waals surface area (Å²) in [5.74, 6) is 0.690. The average molecular weight is 280 g/mol. The van der Waals surface area contributed by atoms with Gasteiger partial charge in [-0.2, -0.15) is 4.80 Å². The normalized spacial score (nSPS) is 14.2. The number of nitrogens with zero attached hydrogens (tertiary/aromatic N) is 5. The Labute approximate surface area is 101 Å². The SMILES string of the molecule is Cn1nnc(N2Cc3ccc(Br)cc3C2)n1. The maximum absolute atomic E-state index is 4.21. The molecule has 1 aromatic heterocycles. The van der Waals surface area contributed by atoms with Gasteiger partial charge in [0.25, 0.3) is 5.95 Å². The Bertz CT molecular complexity index is 536. The molecular formula is C10H10BrN5. The second-order valence-electron chi connectivity index (χ2n) is 3.85. The molecule has 1 aliphatic rings. The fourth-order valence-corrected chi connectivity index (χ4v) is 2.31. The Morgan fingerprint density at radius 1 is 1.25 bits per heavy atom. The van der Waals surface area contributed by atoms with Gasteiger partial charge in [0.2, 0.25) is 0 Å². The highest BCUT2D eigenvalue weighted by atomic mass is 79.9. The topological polar surface area (TPSA) is 46.8 Å². The molecule has 1 aliphatic heterocycles. The summed E-state index contributed by atoms with van der Waals surface area (Å²) in [6, 6.07) is 6.34. The lowest BCUT2D eigenvalue weighted by Crippen LogP contribution is -2.16. The molecule has 6 heteroatoms. The Balaban J connectivity index is 1.90. The van der Waals surface area contributed by atoms with Crippen molar-refractivity contribution in [1.29, 1.82) is 0 Å². The first-order chi connectivity index (χ1) is 7.72. The molecule has 0 amide bonds. The number of hydrogen-bond donors (Lipinski definition) is 0. The highest BCUT2D eigenvalue weighted by molar-refractivity contribution is 9.10. The zero-order valence-electron chi connectivity index (χ0n) is 8.76. The molecule has 0 atom stereocenters. The minimum Gasteiger partial charge on any atom is -0.330 e. The number of rotatable bonds is 1. The molecule has 0 saturated heterocycles. The van der Waals surface area contributed by atoms with Gasteiger partial charge in [-0.1, -0.05) is 27.1 Å². The third kappa shape index (κ3) is 1.59. The minimum atomic E-state index is 0.690. The van der Waals surface area contributed by atoms with Crippen molar-refractivity contribution in [2.45, 2.75) is 13.1 Å². The van der Waals surface area contributed by atoms with Gasteiger partial charge in [-0.05, 0) is 28.5 Å². The molecule has 16 heavy (non-hydrogen) atoms. The second kappa shape index (κ2) is 3.55. The largest absolute Gasteiger partial charge is 0.330 e. The Morgan fingerprint density at radius 3 is 2.81 bits per heavy atom. The van der Waals surface area contributed by atoms with Crippen LogP contribution in [0, 0.1) is 0 Å². The molecule has 0 bridgehead atoms. The molecule has 0 unspecified atom stereocenters. The van der Waals surface area contributed by atoms with Crippen molar-refractivity contribution in [3.8, 4) is 0 Å². The quantitative estimate of drug-likeness (QED) is 0.794. The van der Waals surface area contributed by atoms with Crippen LogP contribution in [0.25, 0.3) is 0 Å². The third-order valence-corrected chi connectivity index (χ3v) is 3.16. The summed E-state index contributed by atoms with van der Waals surface area (Å²) in [7, 11) is 1.77. The minimum absolute atomic E-state index is 0.690. The molecule has 0 saturated carbocycles. The highest BCUT2D eigenvalue weighted by Gasteiger charge is 2.22. The van der Waals surface area contributed by atoms with Gasteiger partial charge >= 0.3 is 0 Å². The molecule has 0 aliphatic carbocycles. The molecule has 82 valence electrons. The van der Waals surface area contributed by atoms with E-state index in [1.165, 1.54) is 15.9 Å². The first-order valence-electron chi connectivity index (χ1n) is 4.98. The zero-order chi connectivity index (χ0) is 11.1. The molecule has 2 heterocycles. The van der Waals surface area contributed by atoms with Gasteiger partial charge in [0.15, 0.2) is 0 Å². The van der Waals surface area contributed by atoms with Crippen LogP contribution in [0.2, 0.25) is 0 Å². The first kappa shape index (κ1) is 9.77.